The van der Waals surface area contributed by atoms with Crippen molar-refractivity contribution in [2.24, 2.45) is 0 Å². The summed E-state index contributed by atoms with van der Waals surface area (Å²) in [6.07, 6.45) is 1.46. The van der Waals surface area contributed by atoms with E-state index in [0.717, 1.165) is 22.6 Å². The Labute approximate surface area is 218 Å². The zero-order valence-corrected chi connectivity index (χ0v) is 22.3. The van der Waals surface area contributed by atoms with Gasteiger partial charge in [-0.05, 0) is 68.0 Å². The fourth-order valence-electron chi connectivity index (χ4n) is 5.12. The zero-order chi connectivity index (χ0) is 26.7. The number of rotatable bonds is 8. The van der Waals surface area contributed by atoms with Gasteiger partial charge in [-0.3, -0.25) is 4.79 Å². The number of ketones is 1. The molecule has 0 saturated heterocycles. The molecule has 0 fully saturated rings. The van der Waals surface area contributed by atoms with Crippen LogP contribution in [0.1, 0.15) is 63.0 Å². The van der Waals surface area contributed by atoms with Gasteiger partial charge in [-0.1, -0.05) is 25.1 Å². The van der Waals surface area contributed by atoms with Gasteiger partial charge in [-0.2, -0.15) is 0 Å². The molecule has 0 radical (unpaired) electrons. The van der Waals surface area contributed by atoms with Crippen molar-refractivity contribution in [3.8, 4) is 17.2 Å². The molecule has 4 rings (SSSR count). The molecule has 37 heavy (non-hydrogen) atoms. The molecule has 1 heterocycles. The van der Waals surface area contributed by atoms with Crippen LogP contribution in [0.4, 0.5) is 0 Å². The van der Waals surface area contributed by atoms with E-state index < -0.39 is 11.9 Å². The van der Waals surface area contributed by atoms with E-state index in [1.165, 1.54) is 0 Å². The highest BCUT2D eigenvalue weighted by Crippen LogP contribution is 2.47. The summed E-state index contributed by atoms with van der Waals surface area (Å²) in [5, 5.41) is 3.40. The smallest absolute Gasteiger partial charge is 0.337 e. The van der Waals surface area contributed by atoms with Gasteiger partial charge in [0.2, 0.25) is 0 Å². The van der Waals surface area contributed by atoms with Crippen molar-refractivity contribution >= 4 is 11.8 Å². The first kappa shape index (κ1) is 26.3. The molecule has 7 nitrogen and oxygen atoms in total. The van der Waals surface area contributed by atoms with E-state index in [-0.39, 0.29) is 17.8 Å². The first-order valence-corrected chi connectivity index (χ1v) is 12.6. The summed E-state index contributed by atoms with van der Waals surface area (Å²) in [5.41, 5.74) is 4.44. The monoisotopic (exact) mass is 505 g/mol. The Morgan fingerprint density at radius 1 is 0.973 bits per heavy atom. The predicted octanol–water partition coefficient (Wildman–Crippen LogP) is 5.42. The number of nitrogens with one attached hydrogen (secondary N) is 1. The molecule has 0 spiro atoms. The summed E-state index contributed by atoms with van der Waals surface area (Å²) in [6, 6.07) is 13.4. The first-order chi connectivity index (χ1) is 17.8. The van der Waals surface area contributed by atoms with E-state index in [0.29, 0.717) is 47.6 Å². The van der Waals surface area contributed by atoms with Crippen LogP contribution >= 0.6 is 0 Å². The molecule has 196 valence electrons. The number of methoxy groups -OCH3 is 3. The van der Waals surface area contributed by atoms with E-state index in [4.69, 9.17) is 18.9 Å². The molecule has 1 N–H and O–H groups in total. The van der Waals surface area contributed by atoms with E-state index in [2.05, 4.69) is 5.32 Å². The molecule has 0 unspecified atom stereocenters. The Bertz CT molecular complexity index is 1240. The Balaban J connectivity index is 1.79. The van der Waals surface area contributed by atoms with Crippen LogP contribution in [0, 0.1) is 0 Å². The van der Waals surface area contributed by atoms with Crippen LogP contribution in [0.5, 0.6) is 17.2 Å². The van der Waals surface area contributed by atoms with Crippen molar-refractivity contribution in [3.05, 3.63) is 76.1 Å². The number of carbonyl (C=O) groups is 2. The van der Waals surface area contributed by atoms with Gasteiger partial charge in [0, 0.05) is 29.3 Å². The third-order valence-electron chi connectivity index (χ3n) is 7.26. The SMILES string of the molecule is CC[C@@H](C)OC(=O)C1=C(C)NC2=C(C(=O)C[C@@H](c3ccc(OC)cc3)C2)[C@H]1c1ccc(OC)c(OC)c1. The number of ether oxygens (including phenoxy) is 4. The number of carbonyl (C=O) groups excluding carboxylic acids is 2. The Morgan fingerprint density at radius 3 is 2.27 bits per heavy atom. The molecule has 1 aliphatic heterocycles. The first-order valence-electron chi connectivity index (χ1n) is 12.6. The largest absolute Gasteiger partial charge is 0.497 e. The average Bonchev–Trinajstić information content (AvgIpc) is 2.91. The Morgan fingerprint density at radius 2 is 1.65 bits per heavy atom. The summed E-state index contributed by atoms with van der Waals surface area (Å²) >= 11 is 0. The summed E-state index contributed by atoms with van der Waals surface area (Å²) in [7, 11) is 4.78. The molecule has 0 bridgehead atoms. The minimum absolute atomic E-state index is 0.00990. The molecular formula is C30H35NO6. The lowest BCUT2D eigenvalue weighted by Gasteiger charge is -2.37. The molecule has 0 amide bonds. The lowest BCUT2D eigenvalue weighted by molar-refractivity contribution is -0.144. The quantitative estimate of drug-likeness (QED) is 0.480. The van der Waals surface area contributed by atoms with Crippen LogP contribution in [0.2, 0.25) is 0 Å². The maximum atomic E-state index is 13.8. The van der Waals surface area contributed by atoms with Crippen molar-refractivity contribution in [3.63, 3.8) is 0 Å². The molecular weight excluding hydrogens is 470 g/mol. The normalized spacial score (nSPS) is 20.1. The summed E-state index contributed by atoms with van der Waals surface area (Å²) < 4.78 is 22.0. The van der Waals surface area contributed by atoms with Crippen LogP contribution in [0.3, 0.4) is 0 Å². The second-order valence-corrected chi connectivity index (χ2v) is 9.53. The Hall–Kier alpha value is -3.74. The van der Waals surface area contributed by atoms with Gasteiger partial charge in [0.25, 0.3) is 0 Å². The van der Waals surface area contributed by atoms with Crippen molar-refractivity contribution in [1.82, 2.24) is 5.32 Å². The van der Waals surface area contributed by atoms with Crippen LogP contribution in [0.25, 0.3) is 0 Å². The van der Waals surface area contributed by atoms with Gasteiger partial charge >= 0.3 is 5.97 Å². The number of hydrogen-bond acceptors (Lipinski definition) is 7. The molecule has 3 atom stereocenters. The topological polar surface area (TPSA) is 83.1 Å². The minimum atomic E-state index is -0.572. The molecule has 2 aromatic carbocycles. The fraction of sp³-hybridized carbons (Fsp3) is 0.400. The molecule has 2 aromatic rings. The van der Waals surface area contributed by atoms with Crippen molar-refractivity contribution in [2.45, 2.75) is 58.0 Å². The van der Waals surface area contributed by atoms with Gasteiger partial charge in [0.1, 0.15) is 5.75 Å². The summed E-state index contributed by atoms with van der Waals surface area (Å²) in [5.74, 6) is 0.930. The molecule has 0 aromatic heterocycles. The highest BCUT2D eigenvalue weighted by Gasteiger charge is 2.42. The van der Waals surface area contributed by atoms with Crippen molar-refractivity contribution in [2.75, 3.05) is 21.3 Å². The second-order valence-electron chi connectivity index (χ2n) is 9.53. The second kappa shape index (κ2) is 11.1. The summed E-state index contributed by atoms with van der Waals surface area (Å²) in [6.45, 7) is 5.70. The number of Topliss-reactive ketones (excluding diaryl/α,β-unsaturated/α-hetero) is 1. The van der Waals surface area contributed by atoms with Crippen LogP contribution in [-0.2, 0) is 14.3 Å². The molecule has 1 aliphatic carbocycles. The average molecular weight is 506 g/mol. The highest BCUT2D eigenvalue weighted by molar-refractivity contribution is 6.04. The fourth-order valence-corrected chi connectivity index (χ4v) is 5.12. The summed E-state index contributed by atoms with van der Waals surface area (Å²) in [4.78, 5) is 27.2. The maximum Gasteiger partial charge on any atom is 0.337 e. The van der Waals surface area contributed by atoms with E-state index in [1.807, 2.05) is 57.2 Å². The van der Waals surface area contributed by atoms with Crippen LogP contribution in [0.15, 0.2) is 65.0 Å². The highest BCUT2D eigenvalue weighted by atomic mass is 16.5. The lowest BCUT2D eigenvalue weighted by Crippen LogP contribution is -2.36. The van der Waals surface area contributed by atoms with Gasteiger partial charge in [0.15, 0.2) is 17.3 Å². The van der Waals surface area contributed by atoms with Crippen LogP contribution < -0.4 is 19.5 Å². The van der Waals surface area contributed by atoms with Gasteiger partial charge in [0.05, 0.1) is 33.0 Å². The zero-order valence-electron chi connectivity index (χ0n) is 22.3. The maximum absolute atomic E-state index is 13.8. The van der Waals surface area contributed by atoms with Crippen molar-refractivity contribution in [1.29, 1.82) is 0 Å². The molecule has 2 aliphatic rings. The third kappa shape index (κ3) is 5.22. The number of benzene rings is 2. The van der Waals surface area contributed by atoms with E-state index in [9.17, 15) is 9.59 Å². The van der Waals surface area contributed by atoms with Crippen LogP contribution in [-0.4, -0.2) is 39.2 Å². The number of allylic oxidation sites excluding steroid dienone is 3. The van der Waals surface area contributed by atoms with E-state index >= 15 is 0 Å². The predicted molar refractivity (Wildman–Crippen MR) is 141 cm³/mol. The third-order valence-corrected chi connectivity index (χ3v) is 7.26. The minimum Gasteiger partial charge on any atom is -0.497 e. The lowest BCUT2D eigenvalue weighted by atomic mass is 9.71. The van der Waals surface area contributed by atoms with E-state index in [1.54, 1.807) is 27.4 Å². The molecule has 0 saturated carbocycles. The van der Waals surface area contributed by atoms with Gasteiger partial charge < -0.3 is 24.3 Å². The van der Waals surface area contributed by atoms with Gasteiger partial charge in [-0.15, -0.1) is 0 Å². The number of hydrogen-bond donors (Lipinski definition) is 1. The molecule has 7 heteroatoms. The number of esters is 1. The van der Waals surface area contributed by atoms with Crippen molar-refractivity contribution < 1.29 is 28.5 Å². The standard InChI is InChI=1S/C30H35NO6/c1-7-17(2)37-30(33)27-18(3)31-23-14-21(19-8-11-22(34-4)12-9-19)15-24(32)29(23)28(27)20-10-13-25(35-5)26(16-20)36-6/h8-13,16-17,21,28,31H,7,14-15H2,1-6H3/t17-,21+,28+/m1/s1. The van der Waals surface area contributed by atoms with Gasteiger partial charge in [-0.25, -0.2) is 4.79 Å². The number of dihydropyridines is 1. The Kier molecular flexibility index (Phi) is 7.91.